The first-order valence-electron chi connectivity index (χ1n) is 5.27. The lowest BCUT2D eigenvalue weighted by molar-refractivity contribution is -0.0519. The zero-order chi connectivity index (χ0) is 12.1. The zero-order valence-electron chi connectivity index (χ0n) is 9.67. The molecule has 0 unspecified atom stereocenters. The van der Waals surface area contributed by atoms with Crippen LogP contribution >= 0.6 is 0 Å². The van der Waals surface area contributed by atoms with Crippen molar-refractivity contribution in [2.45, 2.75) is 39.9 Å². The lowest BCUT2D eigenvalue weighted by atomic mass is 10.1. The Kier molecular flexibility index (Phi) is 4.52. The first-order valence-corrected chi connectivity index (χ1v) is 5.27. The predicted octanol–water partition coefficient (Wildman–Crippen LogP) is 3.64. The van der Waals surface area contributed by atoms with Gasteiger partial charge < -0.3 is 9.47 Å². The van der Waals surface area contributed by atoms with Crippen LogP contribution in [0, 0.1) is 0 Å². The Hall–Kier alpha value is -1.32. The summed E-state index contributed by atoms with van der Waals surface area (Å²) < 4.78 is 34.2. The summed E-state index contributed by atoms with van der Waals surface area (Å²) in [5.41, 5.74) is 0.937. The van der Waals surface area contributed by atoms with E-state index in [-0.39, 0.29) is 11.9 Å². The van der Waals surface area contributed by atoms with Crippen LogP contribution in [0.25, 0.3) is 0 Å². The summed E-state index contributed by atoms with van der Waals surface area (Å²) in [6.07, 6.45) is 0.689. The average Bonchev–Trinajstić information content (AvgIpc) is 2.19. The molecule has 0 aliphatic carbocycles. The normalized spacial score (nSPS) is 10.9. The topological polar surface area (TPSA) is 18.5 Å². The smallest absolute Gasteiger partial charge is 0.387 e. The molecule has 1 rings (SSSR count). The molecular formula is C12H16F2O2. The molecule has 90 valence electrons. The van der Waals surface area contributed by atoms with Crippen molar-refractivity contribution in [1.29, 1.82) is 0 Å². The molecular weight excluding hydrogens is 214 g/mol. The van der Waals surface area contributed by atoms with Gasteiger partial charge in [-0.15, -0.1) is 0 Å². The third kappa shape index (κ3) is 3.68. The van der Waals surface area contributed by atoms with Gasteiger partial charge in [0.25, 0.3) is 0 Å². The standard InChI is InChI=1S/C12H16F2O2/c1-4-9-5-6-10(15-8(2)3)11(7-9)16-12(13)14/h5-8,12H,4H2,1-3H3. The molecule has 1 aromatic carbocycles. The third-order valence-corrected chi connectivity index (χ3v) is 2.00. The van der Waals surface area contributed by atoms with E-state index >= 15 is 0 Å². The highest BCUT2D eigenvalue weighted by molar-refractivity contribution is 5.43. The van der Waals surface area contributed by atoms with E-state index in [1.54, 1.807) is 12.1 Å². The molecule has 1 aromatic rings. The number of halogens is 2. The SMILES string of the molecule is CCc1ccc(OC(C)C)c(OC(F)F)c1. The van der Waals surface area contributed by atoms with Gasteiger partial charge in [0.15, 0.2) is 11.5 Å². The van der Waals surface area contributed by atoms with Gasteiger partial charge in [0.05, 0.1) is 6.10 Å². The lowest BCUT2D eigenvalue weighted by Gasteiger charge is -2.15. The molecule has 0 aromatic heterocycles. The largest absolute Gasteiger partial charge is 0.487 e. The van der Waals surface area contributed by atoms with Gasteiger partial charge in [0, 0.05) is 0 Å². The second-order valence-corrected chi connectivity index (χ2v) is 3.68. The van der Waals surface area contributed by atoms with E-state index in [4.69, 9.17) is 4.74 Å². The Morgan fingerprint density at radius 1 is 1.12 bits per heavy atom. The summed E-state index contributed by atoms with van der Waals surface area (Å²) in [6, 6.07) is 5.09. The molecule has 0 amide bonds. The van der Waals surface area contributed by atoms with Crippen molar-refractivity contribution < 1.29 is 18.3 Å². The molecule has 0 heterocycles. The second kappa shape index (κ2) is 5.68. The summed E-state index contributed by atoms with van der Waals surface area (Å²) in [6.45, 7) is 2.78. The summed E-state index contributed by atoms with van der Waals surface area (Å²) >= 11 is 0. The van der Waals surface area contributed by atoms with E-state index in [1.807, 2.05) is 26.8 Å². The van der Waals surface area contributed by atoms with E-state index in [9.17, 15) is 8.78 Å². The highest BCUT2D eigenvalue weighted by Crippen LogP contribution is 2.30. The molecule has 0 aliphatic heterocycles. The van der Waals surface area contributed by atoms with Crippen LogP contribution in [0.15, 0.2) is 18.2 Å². The fraction of sp³-hybridized carbons (Fsp3) is 0.500. The Labute approximate surface area is 94.2 Å². The van der Waals surface area contributed by atoms with Crippen molar-refractivity contribution in [2.75, 3.05) is 0 Å². The predicted molar refractivity (Wildman–Crippen MR) is 58.2 cm³/mol. The number of ether oxygens (including phenoxy) is 2. The fourth-order valence-electron chi connectivity index (χ4n) is 1.31. The minimum Gasteiger partial charge on any atom is -0.487 e. The number of hydrogen-bond donors (Lipinski definition) is 0. The van der Waals surface area contributed by atoms with E-state index in [0.29, 0.717) is 5.75 Å². The summed E-state index contributed by atoms with van der Waals surface area (Å²) in [4.78, 5) is 0. The van der Waals surface area contributed by atoms with Crippen LogP contribution in [-0.2, 0) is 6.42 Å². The van der Waals surface area contributed by atoms with Crippen molar-refractivity contribution in [1.82, 2.24) is 0 Å². The van der Waals surface area contributed by atoms with Crippen molar-refractivity contribution in [2.24, 2.45) is 0 Å². The maximum absolute atomic E-state index is 12.2. The maximum atomic E-state index is 12.2. The molecule has 0 fully saturated rings. The van der Waals surface area contributed by atoms with Crippen LogP contribution in [-0.4, -0.2) is 12.7 Å². The van der Waals surface area contributed by atoms with E-state index < -0.39 is 6.61 Å². The third-order valence-electron chi connectivity index (χ3n) is 2.00. The summed E-state index contributed by atoms with van der Waals surface area (Å²) in [7, 11) is 0. The number of benzene rings is 1. The van der Waals surface area contributed by atoms with Crippen molar-refractivity contribution >= 4 is 0 Å². The quantitative estimate of drug-likeness (QED) is 0.768. The fourth-order valence-corrected chi connectivity index (χ4v) is 1.31. The Morgan fingerprint density at radius 3 is 2.31 bits per heavy atom. The molecule has 2 nitrogen and oxygen atoms in total. The van der Waals surface area contributed by atoms with Gasteiger partial charge >= 0.3 is 6.61 Å². The van der Waals surface area contributed by atoms with E-state index in [1.165, 1.54) is 0 Å². The highest BCUT2D eigenvalue weighted by Gasteiger charge is 2.12. The van der Waals surface area contributed by atoms with Crippen molar-refractivity contribution in [3.05, 3.63) is 23.8 Å². The summed E-state index contributed by atoms with van der Waals surface area (Å²) in [5.74, 6) is 0.454. The van der Waals surface area contributed by atoms with E-state index in [2.05, 4.69) is 4.74 Å². The highest BCUT2D eigenvalue weighted by atomic mass is 19.3. The summed E-state index contributed by atoms with van der Waals surface area (Å²) in [5, 5.41) is 0. The lowest BCUT2D eigenvalue weighted by Crippen LogP contribution is -2.09. The molecule has 0 aliphatic rings. The van der Waals surface area contributed by atoms with Gasteiger partial charge in [0.2, 0.25) is 0 Å². The zero-order valence-corrected chi connectivity index (χ0v) is 9.67. The number of hydrogen-bond acceptors (Lipinski definition) is 2. The molecule has 0 saturated carbocycles. The Bertz CT molecular complexity index is 338. The van der Waals surface area contributed by atoms with Crippen LogP contribution in [0.5, 0.6) is 11.5 Å². The number of aryl methyl sites for hydroxylation is 1. The van der Waals surface area contributed by atoms with Gasteiger partial charge in [-0.2, -0.15) is 8.78 Å². The van der Waals surface area contributed by atoms with Crippen molar-refractivity contribution in [3.63, 3.8) is 0 Å². The Balaban J connectivity index is 2.96. The Morgan fingerprint density at radius 2 is 1.81 bits per heavy atom. The molecule has 0 N–H and O–H groups in total. The second-order valence-electron chi connectivity index (χ2n) is 3.68. The minimum absolute atomic E-state index is 0.0764. The monoisotopic (exact) mass is 230 g/mol. The van der Waals surface area contributed by atoms with Crippen molar-refractivity contribution in [3.8, 4) is 11.5 Å². The van der Waals surface area contributed by atoms with Gasteiger partial charge in [-0.3, -0.25) is 0 Å². The first-order chi connectivity index (χ1) is 7.52. The van der Waals surface area contributed by atoms with Crippen LogP contribution < -0.4 is 9.47 Å². The average molecular weight is 230 g/mol. The molecule has 0 atom stereocenters. The molecule has 0 radical (unpaired) electrons. The minimum atomic E-state index is -2.83. The molecule has 0 saturated heterocycles. The van der Waals surface area contributed by atoms with Crippen LogP contribution in [0.3, 0.4) is 0 Å². The van der Waals surface area contributed by atoms with E-state index in [0.717, 1.165) is 12.0 Å². The van der Waals surface area contributed by atoms with Gasteiger partial charge in [-0.25, -0.2) is 0 Å². The molecule has 0 spiro atoms. The van der Waals surface area contributed by atoms with Crippen LogP contribution in [0.1, 0.15) is 26.3 Å². The molecule has 4 heteroatoms. The molecule has 16 heavy (non-hydrogen) atoms. The van der Waals surface area contributed by atoms with Gasteiger partial charge in [-0.05, 0) is 38.0 Å². The first kappa shape index (κ1) is 12.7. The van der Waals surface area contributed by atoms with Crippen LogP contribution in [0.4, 0.5) is 8.78 Å². The number of alkyl halides is 2. The molecule has 0 bridgehead atoms. The maximum Gasteiger partial charge on any atom is 0.387 e. The van der Waals surface area contributed by atoms with Gasteiger partial charge in [-0.1, -0.05) is 13.0 Å². The van der Waals surface area contributed by atoms with Gasteiger partial charge in [0.1, 0.15) is 0 Å². The number of rotatable bonds is 5. The van der Waals surface area contributed by atoms with Crippen LogP contribution in [0.2, 0.25) is 0 Å².